The molecule has 1 N–H and O–H groups in total. The van der Waals surface area contributed by atoms with Crippen molar-refractivity contribution in [1.29, 1.82) is 0 Å². The number of unbranched alkanes of at least 4 members (excludes halogenated alkanes) is 4. The molecule has 1 unspecified atom stereocenters. The third-order valence-corrected chi connectivity index (χ3v) is 3.67. The minimum absolute atomic E-state index is 0.101. The molecule has 1 aliphatic rings. The first-order valence-corrected chi connectivity index (χ1v) is 6.85. The molecule has 0 fully saturated rings. The number of nitrogens with one attached hydrogen (secondary N) is 1. The van der Waals surface area contributed by atoms with Crippen molar-refractivity contribution in [2.24, 2.45) is 0 Å². The molecule has 0 aliphatic carbocycles. The Hall–Kier alpha value is -1.05. The largest absolute Gasteiger partial charge is 0.382 e. The lowest BCUT2D eigenvalue weighted by Gasteiger charge is -2.09. The van der Waals surface area contributed by atoms with Gasteiger partial charge < -0.3 is 5.32 Å². The predicted octanol–water partition coefficient (Wildman–Crippen LogP) is 4.70. The Morgan fingerprint density at radius 1 is 1.24 bits per heavy atom. The van der Waals surface area contributed by atoms with Crippen LogP contribution < -0.4 is 5.32 Å². The average molecular weight is 235 g/mol. The highest BCUT2D eigenvalue weighted by Gasteiger charge is 2.23. The van der Waals surface area contributed by atoms with E-state index in [1.54, 1.807) is 0 Å². The summed E-state index contributed by atoms with van der Waals surface area (Å²) in [5.41, 5.74) is 1.92. The van der Waals surface area contributed by atoms with Crippen molar-refractivity contribution in [1.82, 2.24) is 0 Å². The van der Waals surface area contributed by atoms with Crippen LogP contribution in [-0.2, 0) is 0 Å². The van der Waals surface area contributed by atoms with E-state index in [4.69, 9.17) is 0 Å². The van der Waals surface area contributed by atoms with Crippen LogP contribution in [0, 0.1) is 5.82 Å². The van der Waals surface area contributed by atoms with Crippen molar-refractivity contribution in [3.05, 3.63) is 29.6 Å². The molecular weight excluding hydrogens is 213 g/mol. The van der Waals surface area contributed by atoms with E-state index in [0.717, 1.165) is 12.2 Å². The van der Waals surface area contributed by atoms with Crippen molar-refractivity contribution in [2.45, 2.75) is 51.4 Å². The first-order chi connectivity index (χ1) is 8.33. The van der Waals surface area contributed by atoms with E-state index in [1.807, 2.05) is 6.07 Å². The minimum atomic E-state index is -0.101. The zero-order chi connectivity index (χ0) is 12.1. The van der Waals surface area contributed by atoms with Gasteiger partial charge >= 0.3 is 0 Å². The smallest absolute Gasteiger partial charge is 0.146 e. The summed E-state index contributed by atoms with van der Waals surface area (Å²) in [6.07, 6.45) is 7.74. The molecule has 0 aromatic heterocycles. The first kappa shape index (κ1) is 12.4. The lowest BCUT2D eigenvalue weighted by Crippen LogP contribution is -2.01. The summed E-state index contributed by atoms with van der Waals surface area (Å²) in [6.45, 7) is 3.14. The fourth-order valence-electron chi connectivity index (χ4n) is 2.65. The van der Waals surface area contributed by atoms with Crippen LogP contribution in [0.5, 0.6) is 0 Å². The van der Waals surface area contributed by atoms with Crippen LogP contribution in [0.1, 0.15) is 56.9 Å². The molecular formula is C15H22FN. The van der Waals surface area contributed by atoms with Gasteiger partial charge in [0, 0.05) is 12.5 Å². The van der Waals surface area contributed by atoms with Crippen molar-refractivity contribution in [2.75, 3.05) is 11.9 Å². The monoisotopic (exact) mass is 235 g/mol. The fourth-order valence-corrected chi connectivity index (χ4v) is 2.65. The predicted molar refractivity (Wildman–Crippen MR) is 71.0 cm³/mol. The van der Waals surface area contributed by atoms with E-state index in [-0.39, 0.29) is 5.82 Å². The highest BCUT2D eigenvalue weighted by Crippen LogP contribution is 2.36. The molecule has 0 radical (unpaired) electrons. The van der Waals surface area contributed by atoms with E-state index >= 15 is 0 Å². The number of hydrogen-bond acceptors (Lipinski definition) is 1. The van der Waals surface area contributed by atoms with Gasteiger partial charge in [-0.15, -0.1) is 0 Å². The van der Waals surface area contributed by atoms with Crippen LogP contribution in [-0.4, -0.2) is 6.54 Å². The Balaban J connectivity index is 1.83. The maximum atomic E-state index is 13.5. The number of anilines is 1. The molecule has 0 amide bonds. The fraction of sp³-hybridized carbons (Fsp3) is 0.600. The lowest BCUT2D eigenvalue weighted by atomic mass is 9.95. The van der Waals surface area contributed by atoms with Gasteiger partial charge in [0.15, 0.2) is 0 Å². The van der Waals surface area contributed by atoms with E-state index in [0.29, 0.717) is 5.92 Å². The average Bonchev–Trinajstić information content (AvgIpc) is 2.74. The van der Waals surface area contributed by atoms with E-state index in [9.17, 15) is 4.39 Å². The van der Waals surface area contributed by atoms with E-state index in [2.05, 4.69) is 18.3 Å². The Morgan fingerprint density at radius 2 is 2.06 bits per heavy atom. The molecule has 1 aromatic carbocycles. The summed E-state index contributed by atoms with van der Waals surface area (Å²) < 4.78 is 13.5. The van der Waals surface area contributed by atoms with E-state index < -0.39 is 0 Å². The molecule has 0 spiro atoms. The highest BCUT2D eigenvalue weighted by molar-refractivity contribution is 5.58. The summed E-state index contributed by atoms with van der Waals surface area (Å²) in [6, 6.07) is 5.43. The molecule has 1 aromatic rings. The first-order valence-electron chi connectivity index (χ1n) is 6.85. The van der Waals surface area contributed by atoms with Gasteiger partial charge in [0.05, 0.1) is 5.69 Å². The Kier molecular flexibility index (Phi) is 4.41. The van der Waals surface area contributed by atoms with E-state index in [1.165, 1.54) is 50.2 Å². The molecule has 94 valence electrons. The Labute approximate surface area is 103 Å². The van der Waals surface area contributed by atoms with Gasteiger partial charge in [0.25, 0.3) is 0 Å². The van der Waals surface area contributed by atoms with Crippen LogP contribution in [0.4, 0.5) is 10.1 Å². The van der Waals surface area contributed by atoms with Crippen molar-refractivity contribution in [3.8, 4) is 0 Å². The van der Waals surface area contributed by atoms with Gasteiger partial charge in [-0.2, -0.15) is 0 Å². The number of benzene rings is 1. The molecule has 0 saturated heterocycles. The maximum Gasteiger partial charge on any atom is 0.146 e. The summed E-state index contributed by atoms with van der Waals surface area (Å²) >= 11 is 0. The number of rotatable bonds is 6. The standard InChI is InChI=1S/C15H22FN/c1-2-3-4-5-6-8-12-11-17-15-13(12)9-7-10-14(15)16/h7,9-10,12,17H,2-6,8,11H2,1H3. The minimum Gasteiger partial charge on any atom is -0.382 e. The number of halogens is 1. The lowest BCUT2D eigenvalue weighted by molar-refractivity contribution is 0.565. The normalized spacial score (nSPS) is 17.9. The molecule has 0 saturated carbocycles. The third-order valence-electron chi connectivity index (χ3n) is 3.67. The van der Waals surface area contributed by atoms with Crippen LogP contribution in [0.25, 0.3) is 0 Å². The van der Waals surface area contributed by atoms with Crippen LogP contribution >= 0.6 is 0 Å². The van der Waals surface area contributed by atoms with Gasteiger partial charge in [-0.05, 0) is 18.1 Å². The SMILES string of the molecule is CCCCCCCC1CNc2c(F)cccc21. The van der Waals surface area contributed by atoms with Gasteiger partial charge in [0.2, 0.25) is 0 Å². The van der Waals surface area contributed by atoms with Gasteiger partial charge in [-0.25, -0.2) is 4.39 Å². The zero-order valence-electron chi connectivity index (χ0n) is 10.6. The van der Waals surface area contributed by atoms with Crippen molar-refractivity contribution < 1.29 is 4.39 Å². The highest BCUT2D eigenvalue weighted by atomic mass is 19.1. The number of hydrogen-bond donors (Lipinski definition) is 1. The molecule has 2 heteroatoms. The summed E-state index contributed by atoms with van der Waals surface area (Å²) in [5.74, 6) is 0.415. The molecule has 17 heavy (non-hydrogen) atoms. The van der Waals surface area contributed by atoms with Crippen LogP contribution in [0.3, 0.4) is 0 Å². The summed E-state index contributed by atoms with van der Waals surface area (Å²) in [5, 5.41) is 3.20. The number of fused-ring (bicyclic) bond motifs is 1. The van der Waals surface area contributed by atoms with Crippen molar-refractivity contribution >= 4 is 5.69 Å². The molecule has 0 bridgehead atoms. The molecule has 2 rings (SSSR count). The Morgan fingerprint density at radius 3 is 2.88 bits per heavy atom. The quantitative estimate of drug-likeness (QED) is 0.705. The molecule has 1 aliphatic heterocycles. The van der Waals surface area contributed by atoms with Crippen LogP contribution in [0.2, 0.25) is 0 Å². The molecule has 1 heterocycles. The third kappa shape index (κ3) is 2.99. The number of para-hydroxylation sites is 1. The zero-order valence-corrected chi connectivity index (χ0v) is 10.6. The Bertz CT molecular complexity index is 362. The summed E-state index contributed by atoms with van der Waals surface area (Å²) in [4.78, 5) is 0. The van der Waals surface area contributed by atoms with Crippen LogP contribution in [0.15, 0.2) is 18.2 Å². The second-order valence-electron chi connectivity index (χ2n) is 4.98. The topological polar surface area (TPSA) is 12.0 Å². The maximum absolute atomic E-state index is 13.5. The van der Waals surface area contributed by atoms with Gasteiger partial charge in [-0.3, -0.25) is 0 Å². The summed E-state index contributed by atoms with van der Waals surface area (Å²) in [7, 11) is 0. The second-order valence-corrected chi connectivity index (χ2v) is 4.98. The van der Waals surface area contributed by atoms with Crippen molar-refractivity contribution in [3.63, 3.8) is 0 Å². The second kappa shape index (κ2) is 6.04. The van der Waals surface area contributed by atoms with Gasteiger partial charge in [-0.1, -0.05) is 51.2 Å². The molecule has 1 nitrogen and oxygen atoms in total. The molecule has 1 atom stereocenters. The van der Waals surface area contributed by atoms with Gasteiger partial charge in [0.1, 0.15) is 5.82 Å².